The molecular formula is C20H48N6O4S. The van der Waals surface area contributed by atoms with Gasteiger partial charge in [-0.05, 0) is 19.3 Å². The van der Waals surface area contributed by atoms with Gasteiger partial charge in [0.1, 0.15) is 0 Å². The zero-order chi connectivity index (χ0) is 25.1. The number of rotatable bonds is 14. The summed E-state index contributed by atoms with van der Waals surface area (Å²) in [5.74, 6) is 0.378. The molecule has 0 saturated heterocycles. The van der Waals surface area contributed by atoms with Gasteiger partial charge in [-0.25, -0.2) is 0 Å². The predicted molar refractivity (Wildman–Crippen MR) is 132 cm³/mol. The van der Waals surface area contributed by atoms with E-state index in [2.05, 4.69) is 20.8 Å². The van der Waals surface area contributed by atoms with E-state index >= 15 is 0 Å². The van der Waals surface area contributed by atoms with E-state index in [4.69, 9.17) is 43.1 Å². The minimum Gasteiger partial charge on any atom is -0.395 e. The fourth-order valence-electron chi connectivity index (χ4n) is 1.81. The Labute approximate surface area is 189 Å². The summed E-state index contributed by atoms with van der Waals surface area (Å²) in [6, 6.07) is 0. The quantitative estimate of drug-likeness (QED) is 0.0819. The Kier molecular flexibility index (Phi) is 33.4. The highest BCUT2D eigenvalue weighted by atomic mass is 32.2. The van der Waals surface area contributed by atoms with Crippen LogP contribution >= 0.6 is 0 Å². The Morgan fingerprint density at radius 3 is 1.03 bits per heavy atom. The molecule has 0 atom stereocenters. The molecule has 0 fully saturated rings. The highest BCUT2D eigenvalue weighted by Crippen LogP contribution is 1.97. The molecule has 0 amide bonds. The van der Waals surface area contributed by atoms with Crippen LogP contribution in [0.1, 0.15) is 97.8 Å². The normalized spacial score (nSPS) is 9.71. The Hall–Kier alpha value is -1.72. The molecule has 31 heavy (non-hydrogen) atoms. The summed E-state index contributed by atoms with van der Waals surface area (Å²) in [6.07, 6.45) is 12.7. The number of nitrogens with two attached hydrogens (primary N) is 3. The number of nitrogens with one attached hydrogen (secondary N) is 3. The third-order valence-corrected chi connectivity index (χ3v) is 4.20. The maximum absolute atomic E-state index is 9.63. The molecule has 0 aliphatic carbocycles. The molecule has 188 valence electrons. The van der Waals surface area contributed by atoms with Crippen molar-refractivity contribution in [3.05, 3.63) is 0 Å². The number of unbranched alkanes of at least 4 members (excludes halogenated alkanes) is 6. The summed E-state index contributed by atoms with van der Waals surface area (Å²) < 4.78 is 27.1. The molecule has 0 bridgehead atoms. The average Bonchev–Trinajstić information content (AvgIpc) is 2.62. The SMILES string of the molecule is CCCCCC(=N)N.CCCCCC(=N)N.CCCCCC(=N)N.O=S(=O)(O)CCO. The summed E-state index contributed by atoms with van der Waals surface area (Å²) in [5, 5.41) is 28.4. The molecule has 0 aromatic rings. The van der Waals surface area contributed by atoms with Crippen molar-refractivity contribution in [3.63, 3.8) is 0 Å². The molecule has 0 unspecified atom stereocenters. The van der Waals surface area contributed by atoms with Gasteiger partial charge in [0.25, 0.3) is 10.1 Å². The molecule has 0 saturated carbocycles. The average molecular weight is 469 g/mol. The van der Waals surface area contributed by atoms with Gasteiger partial charge in [0.15, 0.2) is 0 Å². The van der Waals surface area contributed by atoms with E-state index in [9.17, 15) is 8.42 Å². The molecule has 10 nitrogen and oxygen atoms in total. The molecule has 11 heteroatoms. The third-order valence-electron chi connectivity index (χ3n) is 3.50. The monoisotopic (exact) mass is 468 g/mol. The van der Waals surface area contributed by atoms with Crippen molar-refractivity contribution in [1.82, 2.24) is 0 Å². The second-order valence-corrected chi connectivity index (χ2v) is 8.53. The van der Waals surface area contributed by atoms with Gasteiger partial charge in [-0.1, -0.05) is 59.3 Å². The van der Waals surface area contributed by atoms with Crippen LogP contribution in [0.5, 0.6) is 0 Å². The van der Waals surface area contributed by atoms with E-state index in [0.29, 0.717) is 17.5 Å². The maximum Gasteiger partial charge on any atom is 0.267 e. The first-order chi connectivity index (χ1) is 14.4. The Morgan fingerprint density at radius 2 is 0.935 bits per heavy atom. The minimum absolute atomic E-state index is 0.318. The van der Waals surface area contributed by atoms with Crippen LogP contribution in [0.15, 0.2) is 0 Å². The standard InChI is InChI=1S/3C6H14N2.C2H6O4S/c3*1-2-3-4-5-6(7)8;3-1-2-7(4,5)6/h3*2-5H2,1H3,(H3,7,8);3H,1-2H2,(H,4,5,6). The molecule has 0 radical (unpaired) electrons. The summed E-state index contributed by atoms with van der Waals surface area (Å²) >= 11 is 0. The minimum atomic E-state index is -3.92. The third kappa shape index (κ3) is 65.4. The lowest BCUT2D eigenvalue weighted by Gasteiger charge is -1.93. The number of hydrogen-bond acceptors (Lipinski definition) is 6. The maximum atomic E-state index is 9.63. The van der Waals surface area contributed by atoms with Gasteiger partial charge in [-0.3, -0.25) is 20.8 Å². The lowest BCUT2D eigenvalue weighted by molar-refractivity contribution is 0.315. The fourth-order valence-corrected chi connectivity index (χ4v) is 2.04. The van der Waals surface area contributed by atoms with Crippen molar-refractivity contribution in [1.29, 1.82) is 16.2 Å². The van der Waals surface area contributed by atoms with Crippen molar-refractivity contribution in [2.75, 3.05) is 12.4 Å². The van der Waals surface area contributed by atoms with Crippen molar-refractivity contribution in [3.8, 4) is 0 Å². The Bertz CT molecular complexity index is 480. The Morgan fingerprint density at radius 1 is 0.677 bits per heavy atom. The summed E-state index contributed by atoms with van der Waals surface area (Å²) in [4.78, 5) is 0. The number of aliphatic hydroxyl groups excluding tert-OH is 1. The van der Waals surface area contributed by atoms with E-state index in [1.807, 2.05) is 0 Å². The van der Waals surface area contributed by atoms with Crippen LogP contribution < -0.4 is 17.2 Å². The molecule has 0 heterocycles. The van der Waals surface area contributed by atoms with E-state index in [1.54, 1.807) is 0 Å². The van der Waals surface area contributed by atoms with Crippen molar-refractivity contribution in [2.45, 2.75) is 97.8 Å². The molecule has 11 N–H and O–H groups in total. The number of aliphatic hydroxyl groups is 1. The zero-order valence-electron chi connectivity index (χ0n) is 19.8. The van der Waals surface area contributed by atoms with Gasteiger partial charge < -0.3 is 22.3 Å². The van der Waals surface area contributed by atoms with Crippen molar-refractivity contribution >= 4 is 27.6 Å². The highest BCUT2D eigenvalue weighted by Gasteiger charge is 1.99. The molecule has 0 aliphatic rings. The van der Waals surface area contributed by atoms with Crippen LogP contribution in [0.4, 0.5) is 0 Å². The zero-order valence-corrected chi connectivity index (χ0v) is 20.6. The molecule has 0 rings (SSSR count). The number of hydrogen-bond donors (Lipinski definition) is 8. The molecule has 0 aromatic carbocycles. The van der Waals surface area contributed by atoms with E-state index in [-0.39, 0.29) is 0 Å². The molecular weight excluding hydrogens is 420 g/mol. The van der Waals surface area contributed by atoms with E-state index in [1.165, 1.54) is 38.5 Å². The van der Waals surface area contributed by atoms with Gasteiger partial charge in [0.05, 0.1) is 29.9 Å². The topological polar surface area (TPSA) is 224 Å². The van der Waals surface area contributed by atoms with E-state index < -0.39 is 22.5 Å². The van der Waals surface area contributed by atoms with Crippen molar-refractivity contribution in [2.24, 2.45) is 17.2 Å². The van der Waals surface area contributed by atoms with Crippen LogP contribution in [-0.2, 0) is 10.1 Å². The summed E-state index contributed by atoms with van der Waals surface area (Å²) in [6.45, 7) is 5.89. The van der Waals surface area contributed by atoms with Gasteiger partial charge in [-0.2, -0.15) is 8.42 Å². The first-order valence-electron chi connectivity index (χ1n) is 10.9. The Balaban J connectivity index is -0.000000157. The molecule has 0 spiro atoms. The first kappa shape index (κ1) is 36.6. The predicted octanol–water partition coefficient (Wildman–Crippen LogP) is 3.37. The second-order valence-electron chi connectivity index (χ2n) is 6.96. The lowest BCUT2D eigenvalue weighted by Crippen LogP contribution is -2.08. The smallest absolute Gasteiger partial charge is 0.267 e. The second kappa shape index (κ2) is 28.3. The van der Waals surface area contributed by atoms with Crippen LogP contribution in [0, 0.1) is 16.2 Å². The van der Waals surface area contributed by atoms with Gasteiger partial charge in [0, 0.05) is 19.3 Å². The van der Waals surface area contributed by atoms with E-state index in [0.717, 1.165) is 38.5 Å². The molecule has 0 aliphatic heterocycles. The van der Waals surface area contributed by atoms with Crippen LogP contribution in [0.25, 0.3) is 0 Å². The summed E-state index contributed by atoms with van der Waals surface area (Å²) in [7, 11) is -3.92. The highest BCUT2D eigenvalue weighted by molar-refractivity contribution is 7.85. The van der Waals surface area contributed by atoms with Crippen molar-refractivity contribution < 1.29 is 18.1 Å². The van der Waals surface area contributed by atoms with Crippen LogP contribution in [-0.4, -0.2) is 47.9 Å². The first-order valence-corrected chi connectivity index (χ1v) is 12.5. The van der Waals surface area contributed by atoms with Crippen LogP contribution in [0.3, 0.4) is 0 Å². The molecule has 0 aromatic heterocycles. The largest absolute Gasteiger partial charge is 0.395 e. The van der Waals surface area contributed by atoms with Gasteiger partial charge in [0.2, 0.25) is 0 Å². The van der Waals surface area contributed by atoms with Gasteiger partial charge >= 0.3 is 0 Å². The lowest BCUT2D eigenvalue weighted by atomic mass is 10.2. The number of amidine groups is 3. The van der Waals surface area contributed by atoms with Crippen LogP contribution in [0.2, 0.25) is 0 Å². The fraction of sp³-hybridized carbons (Fsp3) is 0.850. The summed E-state index contributed by atoms with van der Waals surface area (Å²) in [5.41, 5.74) is 15.3. The van der Waals surface area contributed by atoms with Gasteiger partial charge in [-0.15, -0.1) is 0 Å².